The van der Waals surface area contributed by atoms with Gasteiger partial charge in [0.25, 0.3) is 11.6 Å². The summed E-state index contributed by atoms with van der Waals surface area (Å²) in [5.41, 5.74) is 2.53. The highest BCUT2D eigenvalue weighted by Crippen LogP contribution is 2.31. The van der Waals surface area contributed by atoms with Gasteiger partial charge in [0.15, 0.2) is 5.58 Å². The Labute approximate surface area is 134 Å². The highest BCUT2D eigenvalue weighted by Gasteiger charge is 2.30. The zero-order chi connectivity index (χ0) is 16.8. The zero-order valence-electron chi connectivity index (χ0n) is 12.3. The van der Waals surface area contributed by atoms with Gasteiger partial charge in [0.2, 0.25) is 0 Å². The minimum absolute atomic E-state index is 0.0230. The average molecular weight is 325 g/mol. The number of nitro benzene ring substituents is 1. The predicted molar refractivity (Wildman–Crippen MR) is 83.5 cm³/mol. The molecule has 8 heteroatoms. The predicted octanol–water partition coefficient (Wildman–Crippen LogP) is 2.19. The van der Waals surface area contributed by atoms with Crippen molar-refractivity contribution in [2.24, 2.45) is 0 Å². The second-order valence-electron chi connectivity index (χ2n) is 5.56. The van der Waals surface area contributed by atoms with Gasteiger partial charge in [-0.05, 0) is 23.8 Å². The third-order valence-corrected chi connectivity index (χ3v) is 4.11. The van der Waals surface area contributed by atoms with Crippen LogP contribution in [0.1, 0.15) is 21.5 Å². The lowest BCUT2D eigenvalue weighted by atomic mass is 10.1. The fraction of sp³-hybridized carbons (Fsp3) is 0.125. The van der Waals surface area contributed by atoms with E-state index in [-0.39, 0.29) is 18.1 Å². The van der Waals surface area contributed by atoms with E-state index >= 15 is 0 Å². The third-order valence-electron chi connectivity index (χ3n) is 4.11. The van der Waals surface area contributed by atoms with Crippen LogP contribution in [-0.4, -0.2) is 20.7 Å². The summed E-state index contributed by atoms with van der Waals surface area (Å²) in [6.07, 6.45) is 0. The number of aromatic amines is 1. The summed E-state index contributed by atoms with van der Waals surface area (Å²) in [7, 11) is 0. The molecule has 3 aromatic rings. The SMILES string of the molecule is O=C(c1ccc2[nH]c(=O)oc2c1)N1Cc2cccc([N+](=O)[O-])c2C1. The Kier molecular flexibility index (Phi) is 2.99. The molecule has 1 amide bonds. The summed E-state index contributed by atoms with van der Waals surface area (Å²) in [6.45, 7) is 0.491. The minimum Gasteiger partial charge on any atom is -0.408 e. The van der Waals surface area contributed by atoms with Crippen molar-refractivity contribution in [3.63, 3.8) is 0 Å². The molecule has 2 heterocycles. The van der Waals surface area contributed by atoms with E-state index in [1.807, 2.05) is 0 Å². The number of nitrogens with zero attached hydrogens (tertiary/aromatic N) is 2. The number of oxazole rings is 1. The van der Waals surface area contributed by atoms with E-state index in [1.54, 1.807) is 24.3 Å². The van der Waals surface area contributed by atoms with Crippen molar-refractivity contribution >= 4 is 22.7 Å². The van der Waals surface area contributed by atoms with Crippen LogP contribution >= 0.6 is 0 Å². The Morgan fingerprint density at radius 3 is 2.88 bits per heavy atom. The van der Waals surface area contributed by atoms with Crippen LogP contribution in [0.25, 0.3) is 11.1 Å². The van der Waals surface area contributed by atoms with Crippen molar-refractivity contribution in [2.75, 3.05) is 0 Å². The lowest BCUT2D eigenvalue weighted by Gasteiger charge is -2.15. The molecule has 2 aromatic carbocycles. The number of nitrogens with one attached hydrogen (secondary N) is 1. The van der Waals surface area contributed by atoms with Crippen molar-refractivity contribution in [1.29, 1.82) is 0 Å². The first kappa shape index (κ1) is 14.2. The first-order valence-corrected chi connectivity index (χ1v) is 7.20. The topological polar surface area (TPSA) is 109 Å². The summed E-state index contributed by atoms with van der Waals surface area (Å²) < 4.78 is 4.96. The Balaban J connectivity index is 1.67. The molecule has 0 saturated heterocycles. The lowest BCUT2D eigenvalue weighted by molar-refractivity contribution is -0.385. The Hall–Kier alpha value is -3.42. The van der Waals surface area contributed by atoms with Gasteiger partial charge in [-0.1, -0.05) is 12.1 Å². The molecule has 0 aliphatic carbocycles. The van der Waals surface area contributed by atoms with Gasteiger partial charge in [0, 0.05) is 18.2 Å². The Bertz CT molecular complexity index is 1050. The maximum absolute atomic E-state index is 12.7. The number of carbonyl (C=O) groups excluding carboxylic acids is 1. The van der Waals surface area contributed by atoms with Crippen LogP contribution in [0, 0.1) is 10.1 Å². The van der Waals surface area contributed by atoms with E-state index < -0.39 is 10.7 Å². The first-order valence-electron chi connectivity index (χ1n) is 7.20. The van der Waals surface area contributed by atoms with Gasteiger partial charge < -0.3 is 9.32 Å². The van der Waals surface area contributed by atoms with E-state index in [0.29, 0.717) is 28.8 Å². The monoisotopic (exact) mass is 325 g/mol. The number of aromatic nitrogens is 1. The minimum atomic E-state index is -0.584. The lowest BCUT2D eigenvalue weighted by Crippen LogP contribution is -2.25. The maximum atomic E-state index is 12.7. The van der Waals surface area contributed by atoms with E-state index in [4.69, 9.17) is 4.42 Å². The van der Waals surface area contributed by atoms with Crippen LogP contribution in [-0.2, 0) is 13.1 Å². The van der Waals surface area contributed by atoms with Crippen molar-refractivity contribution < 1.29 is 14.1 Å². The standard InChI is InChI=1S/C16H11N3O5/c20-15(9-4-5-12-14(6-9)24-16(21)17-12)18-7-10-2-1-3-13(19(22)23)11(10)8-18/h1-6H,7-8H2,(H,17,21). The van der Waals surface area contributed by atoms with Crippen molar-refractivity contribution in [3.8, 4) is 0 Å². The molecule has 1 aliphatic heterocycles. The number of fused-ring (bicyclic) bond motifs is 2. The largest absolute Gasteiger partial charge is 0.417 e. The van der Waals surface area contributed by atoms with Gasteiger partial charge in [-0.2, -0.15) is 0 Å². The van der Waals surface area contributed by atoms with Gasteiger partial charge in [0.05, 0.1) is 22.5 Å². The molecule has 0 radical (unpaired) electrons. The fourth-order valence-corrected chi connectivity index (χ4v) is 2.98. The third kappa shape index (κ3) is 2.16. The summed E-state index contributed by atoms with van der Waals surface area (Å²) in [5, 5.41) is 11.1. The normalized spacial score (nSPS) is 13.2. The number of rotatable bonds is 2. The number of hydrogen-bond donors (Lipinski definition) is 1. The molecule has 1 aromatic heterocycles. The number of carbonyl (C=O) groups is 1. The summed E-state index contributed by atoms with van der Waals surface area (Å²) in [5.74, 6) is -0.856. The molecule has 1 N–H and O–H groups in total. The zero-order valence-corrected chi connectivity index (χ0v) is 12.3. The molecule has 1 aliphatic rings. The molecular weight excluding hydrogens is 314 g/mol. The number of hydrogen-bond acceptors (Lipinski definition) is 5. The van der Waals surface area contributed by atoms with E-state index in [0.717, 1.165) is 5.56 Å². The molecule has 0 atom stereocenters. The van der Waals surface area contributed by atoms with Crippen LogP contribution in [0.4, 0.5) is 5.69 Å². The fourth-order valence-electron chi connectivity index (χ4n) is 2.98. The number of amides is 1. The van der Waals surface area contributed by atoms with Crippen molar-refractivity contribution in [3.05, 3.63) is 73.8 Å². The molecule has 0 bridgehead atoms. The van der Waals surface area contributed by atoms with Gasteiger partial charge in [-0.3, -0.25) is 19.9 Å². The average Bonchev–Trinajstić information content (AvgIpc) is 3.14. The quantitative estimate of drug-likeness (QED) is 0.573. The molecule has 0 fully saturated rings. The second kappa shape index (κ2) is 5.05. The molecule has 24 heavy (non-hydrogen) atoms. The van der Waals surface area contributed by atoms with Crippen LogP contribution in [0.5, 0.6) is 0 Å². The molecule has 0 saturated carbocycles. The van der Waals surface area contributed by atoms with Gasteiger partial charge >= 0.3 is 5.76 Å². The van der Waals surface area contributed by atoms with Crippen molar-refractivity contribution in [2.45, 2.75) is 13.1 Å². The smallest absolute Gasteiger partial charge is 0.408 e. The van der Waals surface area contributed by atoms with Gasteiger partial charge in [0.1, 0.15) is 0 Å². The van der Waals surface area contributed by atoms with E-state index in [1.165, 1.54) is 17.0 Å². The van der Waals surface area contributed by atoms with Gasteiger partial charge in [-0.25, -0.2) is 4.79 Å². The molecule has 4 rings (SSSR count). The van der Waals surface area contributed by atoms with Crippen LogP contribution in [0.15, 0.2) is 45.6 Å². The van der Waals surface area contributed by atoms with E-state index in [2.05, 4.69) is 4.98 Å². The van der Waals surface area contributed by atoms with Crippen LogP contribution in [0.2, 0.25) is 0 Å². The summed E-state index contributed by atoms with van der Waals surface area (Å²) in [4.78, 5) is 38.6. The van der Waals surface area contributed by atoms with E-state index in [9.17, 15) is 19.7 Å². The summed E-state index contributed by atoms with van der Waals surface area (Å²) in [6, 6.07) is 9.52. The summed E-state index contributed by atoms with van der Waals surface area (Å²) >= 11 is 0. The highest BCUT2D eigenvalue weighted by molar-refractivity contribution is 5.97. The Morgan fingerprint density at radius 1 is 1.25 bits per heavy atom. The number of benzene rings is 2. The highest BCUT2D eigenvalue weighted by atomic mass is 16.6. The first-order chi connectivity index (χ1) is 11.5. The van der Waals surface area contributed by atoms with Gasteiger partial charge in [-0.15, -0.1) is 0 Å². The maximum Gasteiger partial charge on any atom is 0.417 e. The molecule has 0 spiro atoms. The second-order valence-corrected chi connectivity index (χ2v) is 5.56. The van der Waals surface area contributed by atoms with Crippen molar-refractivity contribution in [1.82, 2.24) is 9.88 Å². The Morgan fingerprint density at radius 2 is 2.08 bits per heavy atom. The number of H-pyrrole nitrogens is 1. The van der Waals surface area contributed by atoms with Crippen LogP contribution < -0.4 is 5.76 Å². The molecule has 8 nitrogen and oxygen atoms in total. The molecular formula is C16H11N3O5. The number of nitro groups is 1. The molecule has 120 valence electrons. The van der Waals surface area contributed by atoms with Crippen LogP contribution in [0.3, 0.4) is 0 Å². The molecule has 0 unspecified atom stereocenters.